The van der Waals surface area contributed by atoms with Crippen LogP contribution in [0.2, 0.25) is 0 Å². The van der Waals surface area contributed by atoms with Crippen molar-refractivity contribution in [2.75, 3.05) is 25.7 Å². The molecule has 4 rings (SSSR count). The van der Waals surface area contributed by atoms with Gasteiger partial charge >= 0.3 is 5.97 Å². The molecule has 16 nitrogen and oxygen atoms in total. The number of anilines is 1. The van der Waals surface area contributed by atoms with Gasteiger partial charge in [0.25, 0.3) is 11.7 Å². The quantitative estimate of drug-likeness (QED) is 0.0212. The van der Waals surface area contributed by atoms with Crippen LogP contribution in [0.1, 0.15) is 61.1 Å². The molecule has 3 aromatic carbocycles. The molecule has 1 unspecified atom stereocenters. The van der Waals surface area contributed by atoms with Gasteiger partial charge in [0.05, 0.1) is 38.0 Å². The van der Waals surface area contributed by atoms with Crippen molar-refractivity contribution < 1.29 is 82.1 Å². The summed E-state index contributed by atoms with van der Waals surface area (Å²) in [7, 11) is 2.98. The number of rotatable bonds is 12. The number of nitrogens with zero attached hydrogens (tertiary/aromatic N) is 1. The third kappa shape index (κ3) is 21.3. The van der Waals surface area contributed by atoms with Crippen LogP contribution in [-0.4, -0.2) is 54.1 Å². The van der Waals surface area contributed by atoms with Crippen molar-refractivity contribution in [2.45, 2.75) is 26.8 Å². The molecule has 0 aromatic heterocycles. The minimum absolute atomic E-state index is 0. The van der Waals surface area contributed by atoms with Gasteiger partial charge in [-0.3, -0.25) is 14.5 Å². The fourth-order valence-electron chi connectivity index (χ4n) is 5.03. The van der Waals surface area contributed by atoms with Gasteiger partial charge in [-0.1, -0.05) is 52.1 Å². The second-order valence-electron chi connectivity index (χ2n) is 11.9. The molecular formula is C56H52N2O14. The molecule has 0 aliphatic carbocycles. The molecule has 1 amide bonds. The summed E-state index contributed by atoms with van der Waals surface area (Å²) in [5.41, 5.74) is 2.81. The number of carbonyl (C=O) groups excluding carboxylic acids is 3. The Kier molecular flexibility index (Phi) is 29.1. The van der Waals surface area contributed by atoms with Crippen LogP contribution in [0.5, 0.6) is 11.5 Å². The number of Topliss-reactive ketones (excluding diaryl/α,β-unsaturated/α-hetero) is 1. The molecular weight excluding hydrogens is 925 g/mol. The summed E-state index contributed by atoms with van der Waals surface area (Å²) in [6, 6.07) is 18.7. The Morgan fingerprint density at radius 3 is 1.49 bits per heavy atom. The normalized spacial score (nSPS) is 10.9. The predicted octanol–water partition coefficient (Wildman–Crippen LogP) is 6.97. The van der Waals surface area contributed by atoms with E-state index in [1.165, 1.54) is 36.9 Å². The largest absolute Gasteiger partial charge is 0.507 e. The average molecular weight is 977 g/mol. The van der Waals surface area contributed by atoms with Crippen LogP contribution < -0.4 is 20.0 Å². The minimum atomic E-state index is -1.00. The zero-order valence-electron chi connectivity index (χ0n) is 38.5. The highest BCUT2D eigenvalue weighted by molar-refractivity contribution is 6.51. The van der Waals surface area contributed by atoms with Gasteiger partial charge in [0.1, 0.15) is 17.3 Å². The second-order valence-corrected chi connectivity index (χ2v) is 11.9. The molecule has 1 aliphatic rings. The first kappa shape index (κ1) is 57.5. The minimum Gasteiger partial charge on any atom is -0.507 e. The molecule has 0 saturated carbocycles. The maximum absolute atomic E-state index is 13.4. The van der Waals surface area contributed by atoms with Crippen molar-refractivity contribution in [1.29, 1.82) is 0 Å². The van der Waals surface area contributed by atoms with Crippen LogP contribution >= 0.6 is 0 Å². The number of aliphatic hydroxyl groups excluding tert-OH is 1. The second kappa shape index (κ2) is 36.5. The molecule has 1 aliphatic heterocycles. The Labute approximate surface area is 429 Å². The van der Waals surface area contributed by atoms with Crippen LogP contribution in [0.4, 0.5) is 5.69 Å². The standard InChI is InChI=1S/C28H25NO7.C28H6.H3NO7.9H2/c1-4-36-28(33)18-10-12-19(13-11-18)29-24(21-15-14-20(34-2)16-22(21)35-3)23(26(31)27(29)32)25(30)17-8-6-5-7-9-17;1-3-5-7-9-11-13-15-17-19-21-23-25-27-28-26-24-22-20-18-16-14-12-10-8-6-4-2;2-6-4-1-5-8-7-3;;;;;;;;;/h5-16,24,30H,4H2,1-3H3;1-2H3;1-3H;9*1H. The molecule has 1 atom stereocenters. The Morgan fingerprint density at radius 2 is 1.08 bits per heavy atom. The summed E-state index contributed by atoms with van der Waals surface area (Å²) in [6.07, 6.45) is 0. The molecule has 16 heteroatoms. The molecule has 1 fully saturated rings. The topological polar surface area (TPSA) is 201 Å². The zero-order chi connectivity index (χ0) is 52.4. The van der Waals surface area contributed by atoms with Gasteiger partial charge in [0, 0.05) is 83.1 Å². The third-order valence-corrected chi connectivity index (χ3v) is 7.74. The van der Waals surface area contributed by atoms with E-state index < -0.39 is 23.7 Å². The number of hydrogen-bond donors (Lipinski definition) is 4. The zero-order valence-corrected chi connectivity index (χ0v) is 38.5. The SMILES string of the molecule is CC#CC#CC#CC#CC#CC#CC#CC#CC#CC#CC#CC#CC#CC.CCOC(=O)c1ccc(N2C(=O)C(=O)C(=C(O)c3ccccc3)C2c2ccc(OC)cc2OC)cc1.OOONOOOO.[HH].[HH].[HH].[HH].[HH].[HH].[HH].[HH].[HH]. The summed E-state index contributed by atoms with van der Waals surface area (Å²) in [5.74, 6) is 64.0. The van der Waals surface area contributed by atoms with Gasteiger partial charge in [0.15, 0.2) is 0 Å². The molecule has 1 heterocycles. The van der Waals surface area contributed by atoms with E-state index in [2.05, 4.69) is 179 Å². The fourth-order valence-corrected chi connectivity index (χ4v) is 5.03. The lowest BCUT2D eigenvalue weighted by Crippen LogP contribution is -2.29. The van der Waals surface area contributed by atoms with E-state index in [-0.39, 0.29) is 30.8 Å². The van der Waals surface area contributed by atoms with Gasteiger partial charge in [-0.2, -0.15) is 0 Å². The van der Waals surface area contributed by atoms with Crippen molar-refractivity contribution in [3.05, 3.63) is 95.1 Å². The van der Waals surface area contributed by atoms with Gasteiger partial charge in [-0.25, -0.2) is 15.3 Å². The fraction of sp³-hybridized carbons (Fsp3) is 0.125. The number of nitrogens with one attached hydrogen (secondary N) is 1. The number of amides is 1. The van der Waals surface area contributed by atoms with Crippen molar-refractivity contribution in [1.82, 2.24) is 5.64 Å². The van der Waals surface area contributed by atoms with E-state index in [0.29, 0.717) is 33.9 Å². The van der Waals surface area contributed by atoms with Gasteiger partial charge in [0.2, 0.25) is 0 Å². The maximum atomic E-state index is 13.4. The van der Waals surface area contributed by atoms with E-state index in [4.69, 9.17) is 24.7 Å². The Hall–Kier alpha value is -10.6. The lowest BCUT2D eigenvalue weighted by molar-refractivity contribution is -0.679. The molecule has 72 heavy (non-hydrogen) atoms. The van der Waals surface area contributed by atoms with Crippen molar-refractivity contribution in [3.63, 3.8) is 0 Å². The molecule has 4 N–H and O–H groups in total. The van der Waals surface area contributed by atoms with E-state index in [1.807, 2.05) is 0 Å². The summed E-state index contributed by atoms with van der Waals surface area (Å²) in [6.45, 7) is 5.33. The lowest BCUT2D eigenvalue weighted by atomic mass is 9.94. The molecule has 370 valence electrons. The monoisotopic (exact) mass is 976 g/mol. The number of aliphatic hydroxyl groups is 1. The highest BCUT2D eigenvalue weighted by Crippen LogP contribution is 2.45. The highest BCUT2D eigenvalue weighted by Gasteiger charge is 2.48. The summed E-state index contributed by atoms with van der Waals surface area (Å²) in [4.78, 5) is 47.0. The van der Waals surface area contributed by atoms with Crippen molar-refractivity contribution in [3.8, 4) is 165 Å². The van der Waals surface area contributed by atoms with Crippen LogP contribution in [-0.2, 0) is 39.4 Å². The number of carbonyl (C=O) groups is 3. The van der Waals surface area contributed by atoms with Crippen molar-refractivity contribution in [2.24, 2.45) is 0 Å². The molecule has 0 bridgehead atoms. The van der Waals surface area contributed by atoms with E-state index in [9.17, 15) is 19.5 Å². The van der Waals surface area contributed by atoms with E-state index >= 15 is 0 Å². The molecule has 0 spiro atoms. The van der Waals surface area contributed by atoms with E-state index in [1.54, 1.807) is 81.4 Å². The predicted molar refractivity (Wildman–Crippen MR) is 278 cm³/mol. The lowest BCUT2D eigenvalue weighted by Gasteiger charge is -2.27. The highest BCUT2D eigenvalue weighted by atomic mass is 17.7. The van der Waals surface area contributed by atoms with Crippen LogP contribution in [0.3, 0.4) is 0 Å². The first-order valence-corrected chi connectivity index (χ1v) is 19.8. The van der Waals surface area contributed by atoms with Gasteiger partial charge in [-0.05, 0) is 173 Å². The summed E-state index contributed by atoms with van der Waals surface area (Å²) in [5, 5.41) is 34.9. The Morgan fingerprint density at radius 1 is 0.611 bits per heavy atom. The van der Waals surface area contributed by atoms with Crippen LogP contribution in [0.15, 0.2) is 78.4 Å². The number of hydrogen-bond acceptors (Lipinski definition) is 15. The van der Waals surface area contributed by atoms with E-state index in [0.717, 1.165) is 0 Å². The molecule has 3 aromatic rings. The molecule has 0 radical (unpaired) electrons. The number of methoxy groups -OCH3 is 2. The number of esters is 1. The Balaban J connectivity index is -0.000000179. The smallest absolute Gasteiger partial charge is 0.338 e. The van der Waals surface area contributed by atoms with Crippen molar-refractivity contribution >= 4 is 29.1 Å². The average Bonchev–Trinajstić information content (AvgIpc) is 3.67. The third-order valence-electron chi connectivity index (χ3n) is 7.74. The maximum Gasteiger partial charge on any atom is 0.338 e. The van der Waals surface area contributed by atoms with Crippen LogP contribution in [0.25, 0.3) is 5.76 Å². The summed E-state index contributed by atoms with van der Waals surface area (Å²) >= 11 is 0. The molecule has 1 saturated heterocycles. The number of ketones is 1. The van der Waals surface area contributed by atoms with Gasteiger partial charge in [-0.15, -0.1) is 0 Å². The van der Waals surface area contributed by atoms with Crippen LogP contribution in [0, 0.1) is 154 Å². The first-order chi connectivity index (χ1) is 35.2. The number of benzene rings is 3. The first-order valence-electron chi connectivity index (χ1n) is 19.8. The Bertz CT molecular complexity index is 3260. The summed E-state index contributed by atoms with van der Waals surface area (Å²) < 4.78 is 15.9. The van der Waals surface area contributed by atoms with Gasteiger partial charge < -0.3 is 19.3 Å². The number of ether oxygens (including phenoxy) is 3.